The fourth-order valence-electron chi connectivity index (χ4n) is 1.75. The smallest absolute Gasteiger partial charge is 0.392 e. The molecule has 0 aliphatic rings. The van der Waals surface area contributed by atoms with Gasteiger partial charge in [-0.25, -0.2) is 0 Å². The molecule has 5 heteroatoms. The molecule has 2 nitrogen and oxygen atoms in total. The highest BCUT2D eigenvalue weighted by molar-refractivity contribution is 5.37. The molecule has 0 aliphatic carbocycles. The van der Waals surface area contributed by atoms with Crippen LogP contribution in [0.15, 0.2) is 24.3 Å². The number of ether oxygens (including phenoxy) is 1. The van der Waals surface area contributed by atoms with Gasteiger partial charge in [0.1, 0.15) is 5.75 Å². The lowest BCUT2D eigenvalue weighted by molar-refractivity contribution is -0.174. The van der Waals surface area contributed by atoms with Gasteiger partial charge in [0, 0.05) is 5.56 Å². The first kappa shape index (κ1) is 14.8. The summed E-state index contributed by atoms with van der Waals surface area (Å²) in [6, 6.07) is 6.24. The Morgan fingerprint density at radius 1 is 1.22 bits per heavy atom. The first-order valence-corrected chi connectivity index (χ1v) is 5.67. The maximum Gasteiger partial charge on any atom is 0.392 e. The van der Waals surface area contributed by atoms with Crippen LogP contribution in [0.25, 0.3) is 0 Å². The second-order valence-electron chi connectivity index (χ2n) is 4.73. The van der Waals surface area contributed by atoms with Gasteiger partial charge in [0.2, 0.25) is 0 Å². The average Bonchev–Trinajstić information content (AvgIpc) is 2.13. The molecule has 1 unspecified atom stereocenters. The van der Waals surface area contributed by atoms with E-state index in [4.69, 9.17) is 4.74 Å². The monoisotopic (exact) mass is 262 g/mol. The molecule has 0 heterocycles. The van der Waals surface area contributed by atoms with Crippen LogP contribution in [0.2, 0.25) is 0 Å². The number of halogens is 3. The number of alkyl halides is 3. The summed E-state index contributed by atoms with van der Waals surface area (Å²) in [4.78, 5) is 0. The molecule has 102 valence electrons. The third-order valence-electron chi connectivity index (χ3n) is 2.37. The van der Waals surface area contributed by atoms with Crippen molar-refractivity contribution in [1.29, 1.82) is 0 Å². The molecule has 0 radical (unpaired) electrons. The molecule has 1 atom stereocenters. The van der Waals surface area contributed by atoms with Crippen molar-refractivity contribution in [2.45, 2.75) is 45.1 Å². The van der Waals surface area contributed by atoms with Gasteiger partial charge in [-0.1, -0.05) is 18.2 Å². The molecule has 0 amide bonds. The maximum atomic E-state index is 12.4. The summed E-state index contributed by atoms with van der Waals surface area (Å²) < 4.78 is 42.7. The first-order chi connectivity index (χ1) is 8.12. The number of hydrogen-bond donors (Lipinski definition) is 1. The van der Waals surface area contributed by atoms with Gasteiger partial charge in [0.25, 0.3) is 0 Å². The highest BCUT2D eigenvalue weighted by Gasteiger charge is 2.40. The van der Waals surface area contributed by atoms with Gasteiger partial charge < -0.3 is 9.84 Å². The molecule has 0 aliphatic heterocycles. The third-order valence-corrected chi connectivity index (χ3v) is 2.37. The van der Waals surface area contributed by atoms with Crippen molar-refractivity contribution in [3.63, 3.8) is 0 Å². The van der Waals surface area contributed by atoms with Crippen LogP contribution in [0.1, 0.15) is 32.8 Å². The highest BCUT2D eigenvalue weighted by atomic mass is 19.4. The second kappa shape index (κ2) is 5.18. The fraction of sp³-hybridized carbons (Fsp3) is 0.538. The van der Waals surface area contributed by atoms with Gasteiger partial charge in [-0.3, -0.25) is 0 Å². The summed E-state index contributed by atoms with van der Waals surface area (Å²) in [6.07, 6.45) is -5.92. The molecule has 0 bridgehead atoms. The van der Waals surface area contributed by atoms with Gasteiger partial charge in [0.15, 0.2) is 0 Å². The maximum absolute atomic E-state index is 12.4. The second-order valence-corrected chi connectivity index (χ2v) is 4.73. The van der Waals surface area contributed by atoms with Crippen LogP contribution in [0.5, 0.6) is 5.75 Å². The van der Waals surface area contributed by atoms with E-state index < -0.39 is 18.2 Å². The van der Waals surface area contributed by atoms with E-state index in [1.807, 2.05) is 0 Å². The topological polar surface area (TPSA) is 29.5 Å². The Balaban J connectivity index is 3.07. The van der Waals surface area contributed by atoms with Crippen molar-refractivity contribution in [2.75, 3.05) is 0 Å². The Morgan fingerprint density at radius 3 is 2.28 bits per heavy atom. The molecular weight excluding hydrogens is 245 g/mol. The van der Waals surface area contributed by atoms with Crippen molar-refractivity contribution >= 4 is 0 Å². The summed E-state index contributed by atoms with van der Waals surface area (Å²) in [7, 11) is 0. The molecule has 1 aromatic carbocycles. The van der Waals surface area contributed by atoms with E-state index in [0.717, 1.165) is 6.92 Å². The minimum Gasteiger partial charge on any atom is -0.491 e. The van der Waals surface area contributed by atoms with E-state index in [9.17, 15) is 18.3 Å². The lowest BCUT2D eigenvalue weighted by Crippen LogP contribution is -2.29. The molecular formula is C13H17F3O2. The van der Waals surface area contributed by atoms with E-state index in [0.29, 0.717) is 0 Å². The van der Waals surface area contributed by atoms with Crippen LogP contribution in [-0.4, -0.2) is 17.4 Å². The Morgan fingerprint density at radius 2 is 1.78 bits per heavy atom. The molecule has 0 aromatic heterocycles. The normalized spacial score (nSPS) is 15.6. The van der Waals surface area contributed by atoms with Gasteiger partial charge in [-0.2, -0.15) is 13.2 Å². The summed E-state index contributed by atoms with van der Waals surface area (Å²) >= 11 is 0. The van der Waals surface area contributed by atoms with Crippen molar-refractivity contribution in [3.05, 3.63) is 29.8 Å². The number of aliphatic hydroxyl groups is 1. The summed E-state index contributed by atoms with van der Waals surface area (Å²) in [5, 5.41) is 10.0. The molecule has 18 heavy (non-hydrogen) atoms. The molecule has 0 saturated carbocycles. The Bertz CT molecular complexity index is 397. The standard InChI is InChI=1S/C13H17F3O2/c1-9(2)18-11-7-5-4-6-10(11)12(3,17)8-13(14,15)16/h4-7,9,17H,8H2,1-3H3. The molecule has 1 N–H and O–H groups in total. The van der Waals surface area contributed by atoms with Crippen molar-refractivity contribution in [2.24, 2.45) is 0 Å². The van der Waals surface area contributed by atoms with Crippen molar-refractivity contribution in [3.8, 4) is 5.75 Å². The largest absolute Gasteiger partial charge is 0.491 e. The van der Waals surface area contributed by atoms with Gasteiger partial charge in [-0.05, 0) is 26.8 Å². The molecule has 0 spiro atoms. The van der Waals surface area contributed by atoms with E-state index in [2.05, 4.69) is 0 Å². The first-order valence-electron chi connectivity index (χ1n) is 5.67. The molecule has 1 aromatic rings. The Hall–Kier alpha value is -1.23. The minimum absolute atomic E-state index is 0.149. The SMILES string of the molecule is CC(C)Oc1ccccc1C(C)(O)CC(F)(F)F. The molecule has 0 saturated heterocycles. The molecule has 0 fully saturated rings. The minimum atomic E-state index is -4.44. The van der Waals surface area contributed by atoms with Gasteiger partial charge >= 0.3 is 6.18 Å². The number of hydrogen-bond acceptors (Lipinski definition) is 2. The van der Waals surface area contributed by atoms with E-state index in [1.54, 1.807) is 32.0 Å². The summed E-state index contributed by atoms with van der Waals surface area (Å²) in [5.74, 6) is 0.279. The van der Waals surface area contributed by atoms with E-state index in [1.165, 1.54) is 6.07 Å². The summed E-state index contributed by atoms with van der Waals surface area (Å²) in [5.41, 5.74) is -1.85. The lowest BCUT2D eigenvalue weighted by atomic mass is 9.91. The predicted octanol–water partition coefficient (Wildman–Crippen LogP) is 3.63. The average molecular weight is 262 g/mol. The number of para-hydroxylation sites is 1. The summed E-state index contributed by atoms with van der Waals surface area (Å²) in [6.45, 7) is 4.69. The highest BCUT2D eigenvalue weighted by Crippen LogP contribution is 2.38. The predicted molar refractivity (Wildman–Crippen MR) is 62.4 cm³/mol. The van der Waals surface area contributed by atoms with Crippen LogP contribution in [0.3, 0.4) is 0 Å². The van der Waals surface area contributed by atoms with E-state index >= 15 is 0 Å². The number of benzene rings is 1. The fourth-order valence-corrected chi connectivity index (χ4v) is 1.75. The third kappa shape index (κ3) is 4.22. The van der Waals surface area contributed by atoms with Crippen LogP contribution in [0, 0.1) is 0 Å². The number of rotatable bonds is 4. The lowest BCUT2D eigenvalue weighted by Gasteiger charge is -2.27. The zero-order valence-corrected chi connectivity index (χ0v) is 10.6. The van der Waals surface area contributed by atoms with E-state index in [-0.39, 0.29) is 17.4 Å². The van der Waals surface area contributed by atoms with Crippen LogP contribution in [-0.2, 0) is 5.60 Å². The van der Waals surface area contributed by atoms with Crippen molar-refractivity contribution in [1.82, 2.24) is 0 Å². The van der Waals surface area contributed by atoms with Gasteiger partial charge in [-0.15, -0.1) is 0 Å². The Kier molecular flexibility index (Phi) is 4.27. The van der Waals surface area contributed by atoms with Gasteiger partial charge in [0.05, 0.1) is 18.1 Å². The zero-order valence-electron chi connectivity index (χ0n) is 10.6. The van der Waals surface area contributed by atoms with Crippen molar-refractivity contribution < 1.29 is 23.0 Å². The van der Waals surface area contributed by atoms with Crippen LogP contribution >= 0.6 is 0 Å². The quantitative estimate of drug-likeness (QED) is 0.897. The van der Waals surface area contributed by atoms with Crippen LogP contribution < -0.4 is 4.74 Å². The molecule has 1 rings (SSSR count). The van der Waals surface area contributed by atoms with Crippen LogP contribution in [0.4, 0.5) is 13.2 Å². The Labute approximate surface area is 104 Å². The zero-order chi connectivity index (χ0) is 14.0.